The molecule has 128 valence electrons. The van der Waals surface area contributed by atoms with Crippen molar-refractivity contribution in [1.29, 1.82) is 0 Å². The van der Waals surface area contributed by atoms with E-state index in [0.717, 1.165) is 36.5 Å². The van der Waals surface area contributed by atoms with Crippen molar-refractivity contribution >= 4 is 22.6 Å². The van der Waals surface area contributed by atoms with Crippen molar-refractivity contribution in [2.45, 2.75) is 12.5 Å². The quantitative estimate of drug-likeness (QED) is 0.760. The number of hydrogen-bond acceptors (Lipinski definition) is 5. The Morgan fingerprint density at radius 1 is 1.24 bits per heavy atom. The zero-order valence-corrected chi connectivity index (χ0v) is 13.9. The van der Waals surface area contributed by atoms with Crippen molar-refractivity contribution in [1.82, 2.24) is 20.7 Å². The first kappa shape index (κ1) is 15.4. The van der Waals surface area contributed by atoms with E-state index in [-0.39, 0.29) is 11.9 Å². The van der Waals surface area contributed by atoms with Gasteiger partial charge in [-0.1, -0.05) is 12.1 Å². The van der Waals surface area contributed by atoms with E-state index in [1.54, 1.807) is 25.3 Å². The second-order valence-corrected chi connectivity index (χ2v) is 6.10. The molecule has 1 aliphatic heterocycles. The Kier molecular flexibility index (Phi) is 3.97. The van der Waals surface area contributed by atoms with E-state index >= 15 is 0 Å². The van der Waals surface area contributed by atoms with Crippen LogP contribution in [-0.4, -0.2) is 47.6 Å². The highest BCUT2D eigenvalue weighted by molar-refractivity contribution is 5.97. The van der Waals surface area contributed by atoms with Gasteiger partial charge in [0.1, 0.15) is 16.8 Å². The molecule has 1 unspecified atom stereocenters. The first-order chi connectivity index (χ1) is 12.2. The monoisotopic (exact) mass is 337 g/mol. The summed E-state index contributed by atoms with van der Waals surface area (Å²) in [5.41, 5.74) is 3.09. The molecule has 0 radical (unpaired) electrons. The molecule has 2 N–H and O–H groups in total. The van der Waals surface area contributed by atoms with Crippen LogP contribution in [0.1, 0.15) is 16.8 Å². The number of aromatic amines is 1. The van der Waals surface area contributed by atoms with Crippen LogP contribution in [0.2, 0.25) is 0 Å². The molecule has 7 heteroatoms. The fourth-order valence-electron chi connectivity index (χ4n) is 3.24. The van der Waals surface area contributed by atoms with Gasteiger partial charge in [-0.15, -0.1) is 0 Å². The topological polar surface area (TPSA) is 83.1 Å². The molecular weight excluding hydrogens is 318 g/mol. The molecule has 0 saturated carbocycles. The van der Waals surface area contributed by atoms with Gasteiger partial charge in [0, 0.05) is 24.7 Å². The number of carbonyl (C=O) groups excluding carboxylic acids is 1. The smallest absolute Gasteiger partial charge is 0.251 e. The second kappa shape index (κ2) is 6.43. The number of anilines is 1. The summed E-state index contributed by atoms with van der Waals surface area (Å²) in [4.78, 5) is 14.8. The number of nitrogens with zero attached hydrogens (tertiary/aromatic N) is 3. The number of aromatic nitrogens is 3. The van der Waals surface area contributed by atoms with E-state index in [1.165, 1.54) is 0 Å². The number of methoxy groups -OCH3 is 1. The van der Waals surface area contributed by atoms with Crippen molar-refractivity contribution < 1.29 is 9.53 Å². The molecule has 1 aliphatic rings. The van der Waals surface area contributed by atoms with Crippen LogP contribution >= 0.6 is 0 Å². The van der Waals surface area contributed by atoms with E-state index in [4.69, 9.17) is 4.74 Å². The fourth-order valence-corrected chi connectivity index (χ4v) is 3.24. The van der Waals surface area contributed by atoms with Gasteiger partial charge in [-0.05, 0) is 36.8 Å². The van der Waals surface area contributed by atoms with Gasteiger partial charge in [0.05, 0.1) is 12.8 Å². The molecule has 0 spiro atoms. The number of H-pyrrole nitrogens is 1. The Bertz CT molecular complexity index is 907. The van der Waals surface area contributed by atoms with Crippen molar-refractivity contribution in [2.24, 2.45) is 0 Å². The fraction of sp³-hybridized carbons (Fsp3) is 0.278. The maximum atomic E-state index is 12.5. The molecule has 1 amide bonds. The summed E-state index contributed by atoms with van der Waals surface area (Å²) in [7, 11) is 1.67. The molecular formula is C18H19N5O2. The summed E-state index contributed by atoms with van der Waals surface area (Å²) in [5.74, 6) is 0.766. The molecule has 1 aromatic heterocycles. The van der Waals surface area contributed by atoms with Crippen molar-refractivity contribution in [3.05, 3.63) is 48.0 Å². The average Bonchev–Trinajstić information content (AvgIpc) is 3.30. The third-order valence-corrected chi connectivity index (χ3v) is 4.53. The Labute approximate surface area is 145 Å². The summed E-state index contributed by atoms with van der Waals surface area (Å²) < 4.78 is 5.43. The Morgan fingerprint density at radius 2 is 2.08 bits per heavy atom. The van der Waals surface area contributed by atoms with Crippen LogP contribution < -0.4 is 15.0 Å². The Balaban J connectivity index is 1.44. The highest BCUT2D eigenvalue weighted by Gasteiger charge is 2.26. The second-order valence-electron chi connectivity index (χ2n) is 6.10. The summed E-state index contributed by atoms with van der Waals surface area (Å²) in [6, 6.07) is 13.4. The van der Waals surface area contributed by atoms with Crippen LogP contribution in [0.25, 0.3) is 11.0 Å². The number of rotatable bonds is 4. The van der Waals surface area contributed by atoms with Crippen LogP contribution in [0.5, 0.6) is 5.75 Å². The zero-order valence-electron chi connectivity index (χ0n) is 13.9. The predicted octanol–water partition coefficient (Wildman–Crippen LogP) is 1.98. The van der Waals surface area contributed by atoms with Crippen molar-refractivity contribution in [2.75, 3.05) is 25.1 Å². The lowest BCUT2D eigenvalue weighted by Crippen LogP contribution is -2.37. The third kappa shape index (κ3) is 3.00. The maximum Gasteiger partial charge on any atom is 0.251 e. The highest BCUT2D eigenvalue weighted by atomic mass is 16.5. The van der Waals surface area contributed by atoms with Gasteiger partial charge in [0.25, 0.3) is 5.91 Å². The Morgan fingerprint density at radius 3 is 2.96 bits per heavy atom. The van der Waals surface area contributed by atoms with Gasteiger partial charge in [0.15, 0.2) is 0 Å². The van der Waals surface area contributed by atoms with Gasteiger partial charge < -0.3 is 15.0 Å². The van der Waals surface area contributed by atoms with Gasteiger partial charge >= 0.3 is 0 Å². The molecule has 2 aromatic carbocycles. The lowest BCUT2D eigenvalue weighted by Gasteiger charge is -2.21. The molecule has 1 atom stereocenters. The molecule has 0 aliphatic carbocycles. The van der Waals surface area contributed by atoms with Crippen molar-refractivity contribution in [3.63, 3.8) is 0 Å². The van der Waals surface area contributed by atoms with Crippen LogP contribution in [0, 0.1) is 0 Å². The number of nitrogens with one attached hydrogen (secondary N) is 2. The standard InChI is InChI=1S/C18H19N5O2/c1-25-17-5-3-2-4-16(17)23-9-8-13(11-23)19-18(24)12-6-7-14-15(10-12)21-22-20-14/h2-7,10,13H,8-9,11H2,1H3,(H,19,24)(H,20,21,22). The highest BCUT2D eigenvalue weighted by Crippen LogP contribution is 2.30. The lowest BCUT2D eigenvalue weighted by atomic mass is 10.1. The van der Waals surface area contributed by atoms with Crippen LogP contribution in [0.15, 0.2) is 42.5 Å². The largest absolute Gasteiger partial charge is 0.495 e. The molecule has 7 nitrogen and oxygen atoms in total. The van der Waals surface area contributed by atoms with Crippen molar-refractivity contribution in [3.8, 4) is 5.75 Å². The van der Waals surface area contributed by atoms with E-state index in [9.17, 15) is 4.79 Å². The first-order valence-corrected chi connectivity index (χ1v) is 8.24. The number of amides is 1. The molecule has 25 heavy (non-hydrogen) atoms. The normalized spacial score (nSPS) is 17.0. The SMILES string of the molecule is COc1ccccc1N1CCC(NC(=O)c2ccc3n[nH]nc3c2)C1. The molecule has 4 rings (SSSR count). The van der Waals surface area contributed by atoms with Crippen LogP contribution in [0.3, 0.4) is 0 Å². The lowest BCUT2D eigenvalue weighted by molar-refractivity contribution is 0.0940. The molecule has 3 aromatic rings. The predicted molar refractivity (Wildman–Crippen MR) is 95.0 cm³/mol. The number of ether oxygens (including phenoxy) is 1. The van der Waals surface area contributed by atoms with Gasteiger partial charge in [0.2, 0.25) is 0 Å². The number of fused-ring (bicyclic) bond motifs is 1. The molecule has 1 fully saturated rings. The van der Waals surface area contributed by atoms with Crippen LogP contribution in [0.4, 0.5) is 5.69 Å². The summed E-state index contributed by atoms with van der Waals surface area (Å²) >= 11 is 0. The van der Waals surface area contributed by atoms with Crippen LogP contribution in [-0.2, 0) is 0 Å². The minimum Gasteiger partial charge on any atom is -0.495 e. The maximum absolute atomic E-state index is 12.5. The first-order valence-electron chi connectivity index (χ1n) is 8.24. The third-order valence-electron chi connectivity index (χ3n) is 4.53. The van der Waals surface area contributed by atoms with Gasteiger partial charge in [-0.2, -0.15) is 15.4 Å². The summed E-state index contributed by atoms with van der Waals surface area (Å²) in [5, 5.41) is 13.7. The minimum absolute atomic E-state index is 0.0863. The summed E-state index contributed by atoms with van der Waals surface area (Å²) in [6.45, 7) is 1.64. The molecule has 1 saturated heterocycles. The average molecular weight is 337 g/mol. The number of benzene rings is 2. The number of hydrogen-bond donors (Lipinski definition) is 2. The zero-order chi connectivity index (χ0) is 17.2. The molecule has 2 heterocycles. The number of para-hydroxylation sites is 2. The van der Waals surface area contributed by atoms with E-state index < -0.39 is 0 Å². The number of carbonyl (C=O) groups is 1. The summed E-state index contributed by atoms with van der Waals surface area (Å²) in [6.07, 6.45) is 0.899. The van der Waals surface area contributed by atoms with E-state index in [2.05, 4.69) is 25.6 Å². The molecule has 0 bridgehead atoms. The Hall–Kier alpha value is -3.09. The van der Waals surface area contributed by atoms with E-state index in [0.29, 0.717) is 11.1 Å². The van der Waals surface area contributed by atoms with Gasteiger partial charge in [-0.3, -0.25) is 4.79 Å². The minimum atomic E-state index is -0.0863. The van der Waals surface area contributed by atoms with E-state index in [1.807, 2.05) is 24.3 Å². The van der Waals surface area contributed by atoms with Gasteiger partial charge in [-0.25, -0.2) is 0 Å².